The van der Waals surface area contributed by atoms with Crippen LogP contribution in [0.2, 0.25) is 0 Å². The van der Waals surface area contributed by atoms with Gasteiger partial charge in [-0.05, 0) is 24.6 Å². The monoisotopic (exact) mass is 308 g/mol. The van der Waals surface area contributed by atoms with Crippen LogP contribution in [0.25, 0.3) is 5.52 Å². The van der Waals surface area contributed by atoms with Crippen molar-refractivity contribution in [3.05, 3.63) is 54.2 Å². The van der Waals surface area contributed by atoms with Gasteiger partial charge in [-0.3, -0.25) is 9.88 Å². The molecule has 4 rings (SSSR count). The zero-order valence-corrected chi connectivity index (χ0v) is 13.3. The smallest absolute Gasteiger partial charge is 0.154 e. The first kappa shape index (κ1) is 14.1. The van der Waals surface area contributed by atoms with Gasteiger partial charge in [-0.25, -0.2) is 9.50 Å². The van der Waals surface area contributed by atoms with Crippen LogP contribution in [0.5, 0.6) is 0 Å². The van der Waals surface area contributed by atoms with Crippen molar-refractivity contribution < 1.29 is 0 Å². The molecule has 0 spiro atoms. The maximum Gasteiger partial charge on any atom is 0.154 e. The topological polar surface area (TPSA) is 49.6 Å². The summed E-state index contributed by atoms with van der Waals surface area (Å²) in [5.41, 5.74) is 3.38. The summed E-state index contributed by atoms with van der Waals surface area (Å²) >= 11 is 0. The molecule has 23 heavy (non-hydrogen) atoms. The molecule has 1 aliphatic rings. The minimum atomic E-state index is 0.963. The molecule has 4 heterocycles. The molecule has 0 aromatic carbocycles. The summed E-state index contributed by atoms with van der Waals surface area (Å²) in [6.45, 7) is 7.01. The molecular formula is C17H20N6. The molecule has 1 fully saturated rings. The third-order valence-corrected chi connectivity index (χ3v) is 4.29. The van der Waals surface area contributed by atoms with Gasteiger partial charge in [-0.2, -0.15) is 5.10 Å². The average molecular weight is 308 g/mol. The highest BCUT2D eigenvalue weighted by molar-refractivity contribution is 5.69. The van der Waals surface area contributed by atoms with Gasteiger partial charge in [0.1, 0.15) is 5.52 Å². The van der Waals surface area contributed by atoms with Gasteiger partial charge in [0.05, 0.1) is 5.69 Å². The van der Waals surface area contributed by atoms with Crippen molar-refractivity contribution in [1.29, 1.82) is 0 Å². The van der Waals surface area contributed by atoms with E-state index in [9.17, 15) is 0 Å². The largest absolute Gasteiger partial charge is 0.352 e. The Hall–Kier alpha value is -2.47. The zero-order valence-electron chi connectivity index (χ0n) is 13.3. The van der Waals surface area contributed by atoms with Crippen LogP contribution in [-0.2, 0) is 6.54 Å². The second-order valence-electron chi connectivity index (χ2n) is 5.99. The van der Waals surface area contributed by atoms with Crippen molar-refractivity contribution in [1.82, 2.24) is 24.5 Å². The van der Waals surface area contributed by atoms with Crippen LogP contribution < -0.4 is 4.90 Å². The fourth-order valence-corrected chi connectivity index (χ4v) is 3.14. The minimum absolute atomic E-state index is 0.963. The highest BCUT2D eigenvalue weighted by atomic mass is 15.3. The number of aromatic nitrogens is 4. The Balaban J connectivity index is 1.46. The molecule has 0 radical (unpaired) electrons. The lowest BCUT2D eigenvalue weighted by Gasteiger charge is -2.35. The lowest BCUT2D eigenvalue weighted by Crippen LogP contribution is -2.46. The van der Waals surface area contributed by atoms with Gasteiger partial charge in [0.25, 0.3) is 0 Å². The van der Waals surface area contributed by atoms with Crippen molar-refractivity contribution in [3.63, 3.8) is 0 Å². The first-order valence-corrected chi connectivity index (χ1v) is 7.97. The van der Waals surface area contributed by atoms with E-state index < -0.39 is 0 Å². The van der Waals surface area contributed by atoms with E-state index in [0.29, 0.717) is 0 Å². The van der Waals surface area contributed by atoms with Crippen molar-refractivity contribution in [2.45, 2.75) is 13.5 Å². The quantitative estimate of drug-likeness (QED) is 0.738. The Kier molecular flexibility index (Phi) is 3.67. The molecule has 3 aromatic heterocycles. The van der Waals surface area contributed by atoms with Gasteiger partial charge in [0.2, 0.25) is 0 Å². The Labute approximate surface area is 135 Å². The van der Waals surface area contributed by atoms with Crippen LogP contribution in [0.1, 0.15) is 11.3 Å². The zero-order chi connectivity index (χ0) is 15.6. The van der Waals surface area contributed by atoms with Crippen LogP contribution in [0.15, 0.2) is 43.0 Å². The first-order valence-electron chi connectivity index (χ1n) is 7.97. The van der Waals surface area contributed by atoms with Crippen LogP contribution in [-0.4, -0.2) is 50.7 Å². The summed E-state index contributed by atoms with van der Waals surface area (Å²) in [5.74, 6) is 1.04. The molecule has 0 aliphatic carbocycles. The van der Waals surface area contributed by atoms with Gasteiger partial charge in [-0.15, -0.1) is 0 Å². The van der Waals surface area contributed by atoms with Gasteiger partial charge >= 0.3 is 0 Å². The van der Waals surface area contributed by atoms with Gasteiger partial charge in [0.15, 0.2) is 5.82 Å². The molecule has 6 nitrogen and oxygen atoms in total. The fraction of sp³-hybridized carbons (Fsp3) is 0.353. The SMILES string of the molecule is Cc1cc2c(N3CCN(Cc4cccnc4)CC3)nccn2n1. The highest BCUT2D eigenvalue weighted by Gasteiger charge is 2.20. The molecule has 3 aromatic rings. The number of rotatable bonds is 3. The molecule has 0 saturated carbocycles. The number of anilines is 1. The van der Waals surface area contributed by atoms with Crippen LogP contribution in [0, 0.1) is 6.92 Å². The molecule has 0 atom stereocenters. The number of pyridine rings is 1. The second kappa shape index (κ2) is 5.96. The van der Waals surface area contributed by atoms with E-state index >= 15 is 0 Å². The van der Waals surface area contributed by atoms with E-state index in [1.54, 1.807) is 0 Å². The molecule has 1 aliphatic heterocycles. The molecular weight excluding hydrogens is 288 g/mol. The van der Waals surface area contributed by atoms with E-state index in [1.807, 2.05) is 42.3 Å². The molecule has 0 bridgehead atoms. The van der Waals surface area contributed by atoms with Crippen LogP contribution >= 0.6 is 0 Å². The maximum absolute atomic E-state index is 4.59. The van der Waals surface area contributed by atoms with Gasteiger partial charge < -0.3 is 4.90 Å². The number of fused-ring (bicyclic) bond motifs is 1. The summed E-state index contributed by atoms with van der Waals surface area (Å²) in [6, 6.07) is 6.24. The van der Waals surface area contributed by atoms with E-state index in [4.69, 9.17) is 0 Å². The van der Waals surface area contributed by atoms with Crippen LogP contribution in [0.3, 0.4) is 0 Å². The fourth-order valence-electron chi connectivity index (χ4n) is 3.14. The molecule has 0 amide bonds. The summed E-state index contributed by atoms with van der Waals surface area (Å²) in [4.78, 5) is 13.6. The predicted octanol–water partition coefficient (Wildman–Crippen LogP) is 1.75. The van der Waals surface area contributed by atoms with Gasteiger partial charge in [0, 0.05) is 57.5 Å². The van der Waals surface area contributed by atoms with Crippen molar-refractivity contribution in [3.8, 4) is 0 Å². The predicted molar refractivity (Wildman–Crippen MR) is 89.5 cm³/mol. The van der Waals surface area contributed by atoms with Gasteiger partial charge in [-0.1, -0.05) is 6.07 Å². The molecule has 6 heteroatoms. The normalized spacial score (nSPS) is 16.1. The van der Waals surface area contributed by atoms with E-state index in [1.165, 1.54) is 5.56 Å². The van der Waals surface area contributed by atoms with Crippen molar-refractivity contribution in [2.24, 2.45) is 0 Å². The lowest BCUT2D eigenvalue weighted by atomic mass is 10.2. The Morgan fingerprint density at radius 2 is 2.00 bits per heavy atom. The Morgan fingerprint density at radius 1 is 1.13 bits per heavy atom. The number of hydrogen-bond donors (Lipinski definition) is 0. The Bertz CT molecular complexity index is 789. The molecule has 0 N–H and O–H groups in total. The van der Waals surface area contributed by atoms with Crippen molar-refractivity contribution >= 4 is 11.3 Å². The van der Waals surface area contributed by atoms with Crippen molar-refractivity contribution in [2.75, 3.05) is 31.1 Å². The highest BCUT2D eigenvalue weighted by Crippen LogP contribution is 2.21. The van der Waals surface area contributed by atoms with E-state index in [2.05, 4.69) is 37.0 Å². The summed E-state index contributed by atoms with van der Waals surface area (Å²) < 4.78 is 1.92. The first-order chi connectivity index (χ1) is 11.3. The third-order valence-electron chi connectivity index (χ3n) is 4.29. The molecule has 1 saturated heterocycles. The van der Waals surface area contributed by atoms with E-state index in [0.717, 1.165) is 49.8 Å². The minimum Gasteiger partial charge on any atom is -0.352 e. The third kappa shape index (κ3) is 2.90. The second-order valence-corrected chi connectivity index (χ2v) is 5.99. The summed E-state index contributed by atoms with van der Waals surface area (Å²) in [7, 11) is 0. The number of piperazine rings is 1. The number of aryl methyl sites for hydroxylation is 1. The average Bonchev–Trinajstić information content (AvgIpc) is 2.97. The maximum atomic E-state index is 4.59. The summed E-state index contributed by atoms with van der Waals surface area (Å²) in [5, 5.41) is 4.47. The standard InChI is InChI=1S/C17H20N6/c1-14-11-16-17(19-5-6-23(16)20-14)22-9-7-21(8-10-22)13-15-3-2-4-18-12-15/h2-6,11-12H,7-10,13H2,1H3. The summed E-state index contributed by atoms with van der Waals surface area (Å²) in [6.07, 6.45) is 7.51. The Morgan fingerprint density at radius 3 is 2.78 bits per heavy atom. The lowest BCUT2D eigenvalue weighted by molar-refractivity contribution is 0.249. The molecule has 118 valence electrons. The van der Waals surface area contributed by atoms with Crippen LogP contribution in [0.4, 0.5) is 5.82 Å². The number of hydrogen-bond acceptors (Lipinski definition) is 5. The molecule has 0 unspecified atom stereocenters. The number of nitrogens with zero attached hydrogens (tertiary/aromatic N) is 6. The van der Waals surface area contributed by atoms with E-state index in [-0.39, 0.29) is 0 Å².